The summed E-state index contributed by atoms with van der Waals surface area (Å²) in [4.78, 5) is 4.41. The molecule has 0 saturated carbocycles. The number of aryl methyl sites for hydroxylation is 1. The maximum Gasteiger partial charge on any atom is 0.200 e. The van der Waals surface area contributed by atoms with Gasteiger partial charge >= 0.3 is 0 Å². The van der Waals surface area contributed by atoms with Crippen molar-refractivity contribution in [1.82, 2.24) is 9.55 Å². The minimum Gasteiger partial charge on any atom is -0.320 e. The highest BCUT2D eigenvalue weighted by molar-refractivity contribution is 7.84. The van der Waals surface area contributed by atoms with Gasteiger partial charge in [0.1, 0.15) is 5.82 Å². The summed E-state index contributed by atoms with van der Waals surface area (Å²) in [6.07, 6.45) is 0. The predicted octanol–water partition coefficient (Wildman–Crippen LogP) is 3.02. The van der Waals surface area contributed by atoms with E-state index in [0.29, 0.717) is 10.9 Å². The first-order chi connectivity index (χ1) is 9.65. The van der Waals surface area contributed by atoms with Crippen LogP contribution in [0.1, 0.15) is 5.56 Å². The van der Waals surface area contributed by atoms with Gasteiger partial charge in [-0.05, 0) is 29.8 Å². The Morgan fingerprint density at radius 3 is 2.55 bits per heavy atom. The molecule has 0 fully saturated rings. The van der Waals surface area contributed by atoms with E-state index in [0.717, 1.165) is 16.6 Å². The smallest absolute Gasteiger partial charge is 0.200 e. The van der Waals surface area contributed by atoms with Gasteiger partial charge in [0.25, 0.3) is 0 Å². The van der Waals surface area contributed by atoms with Crippen molar-refractivity contribution in [2.75, 3.05) is 0 Å². The van der Waals surface area contributed by atoms with E-state index in [1.807, 2.05) is 35.9 Å². The quantitative estimate of drug-likeness (QED) is 0.742. The first-order valence-electron chi connectivity index (χ1n) is 6.19. The first-order valence-corrected chi connectivity index (χ1v) is 7.51. The van der Waals surface area contributed by atoms with E-state index >= 15 is 0 Å². The third-order valence-electron chi connectivity index (χ3n) is 3.16. The second-order valence-corrected chi connectivity index (χ2v) is 5.90. The second kappa shape index (κ2) is 5.17. The summed E-state index contributed by atoms with van der Waals surface area (Å²) in [7, 11) is 0.599. The van der Waals surface area contributed by atoms with Gasteiger partial charge in [-0.1, -0.05) is 24.3 Å². The van der Waals surface area contributed by atoms with E-state index in [4.69, 9.17) is 0 Å². The molecule has 0 aliphatic rings. The van der Waals surface area contributed by atoms with Crippen LogP contribution in [0.15, 0.2) is 53.7 Å². The SMILES string of the molecule is Cn1c(S(=O)Cc2ccc(F)cc2)nc2ccccc21. The average Bonchev–Trinajstić information content (AvgIpc) is 2.79. The van der Waals surface area contributed by atoms with Crippen molar-refractivity contribution in [3.63, 3.8) is 0 Å². The fourth-order valence-electron chi connectivity index (χ4n) is 2.12. The van der Waals surface area contributed by atoms with E-state index < -0.39 is 10.8 Å². The summed E-state index contributed by atoms with van der Waals surface area (Å²) < 4.78 is 27.1. The van der Waals surface area contributed by atoms with Gasteiger partial charge in [0.15, 0.2) is 5.16 Å². The number of para-hydroxylation sites is 2. The number of hydrogen-bond donors (Lipinski definition) is 0. The third kappa shape index (κ3) is 2.36. The lowest BCUT2D eigenvalue weighted by Crippen LogP contribution is -2.04. The van der Waals surface area contributed by atoms with Crippen molar-refractivity contribution in [3.05, 3.63) is 59.9 Å². The summed E-state index contributed by atoms with van der Waals surface area (Å²) in [6, 6.07) is 13.7. The van der Waals surface area contributed by atoms with Crippen LogP contribution >= 0.6 is 0 Å². The van der Waals surface area contributed by atoms with Gasteiger partial charge in [0.05, 0.1) is 27.6 Å². The molecule has 3 rings (SSSR count). The van der Waals surface area contributed by atoms with Crippen LogP contribution in [-0.4, -0.2) is 13.8 Å². The number of fused-ring (bicyclic) bond motifs is 1. The molecule has 0 aliphatic carbocycles. The van der Waals surface area contributed by atoms with Crippen molar-refractivity contribution in [2.24, 2.45) is 7.05 Å². The van der Waals surface area contributed by atoms with Crippen LogP contribution in [0, 0.1) is 5.82 Å². The minimum atomic E-state index is -1.26. The van der Waals surface area contributed by atoms with Gasteiger partial charge in [-0.3, -0.25) is 4.21 Å². The molecule has 1 unspecified atom stereocenters. The number of rotatable bonds is 3. The monoisotopic (exact) mass is 288 g/mol. The Bertz CT molecular complexity index is 780. The molecular weight excluding hydrogens is 275 g/mol. The maximum atomic E-state index is 12.9. The van der Waals surface area contributed by atoms with E-state index in [2.05, 4.69) is 4.98 Å². The Labute approximate surface area is 118 Å². The third-order valence-corrected chi connectivity index (χ3v) is 4.53. The van der Waals surface area contributed by atoms with Crippen molar-refractivity contribution >= 4 is 21.8 Å². The molecule has 3 aromatic rings. The summed E-state index contributed by atoms with van der Waals surface area (Å²) in [5, 5.41) is 0.538. The van der Waals surface area contributed by atoms with Crippen LogP contribution in [0.4, 0.5) is 4.39 Å². The largest absolute Gasteiger partial charge is 0.320 e. The minimum absolute atomic E-state index is 0.290. The molecule has 1 heterocycles. The van der Waals surface area contributed by atoms with Crippen LogP contribution in [0.3, 0.4) is 0 Å². The lowest BCUT2D eigenvalue weighted by Gasteiger charge is -2.03. The molecule has 20 heavy (non-hydrogen) atoms. The summed E-state index contributed by atoms with van der Waals surface area (Å²) in [5.41, 5.74) is 2.62. The maximum absolute atomic E-state index is 12.9. The molecule has 3 nitrogen and oxygen atoms in total. The number of nitrogens with zero attached hydrogens (tertiary/aromatic N) is 2. The zero-order valence-corrected chi connectivity index (χ0v) is 11.7. The summed E-state index contributed by atoms with van der Waals surface area (Å²) in [6.45, 7) is 0. The molecule has 0 aliphatic heterocycles. The highest BCUT2D eigenvalue weighted by Crippen LogP contribution is 2.18. The van der Waals surface area contributed by atoms with E-state index in [1.54, 1.807) is 12.1 Å². The molecule has 0 spiro atoms. The number of halogens is 1. The molecule has 2 aromatic carbocycles. The molecule has 0 N–H and O–H groups in total. The number of imidazole rings is 1. The van der Waals surface area contributed by atoms with Crippen molar-refractivity contribution in [3.8, 4) is 0 Å². The van der Waals surface area contributed by atoms with Crippen LogP contribution in [0.5, 0.6) is 0 Å². The molecule has 0 amide bonds. The average molecular weight is 288 g/mol. The van der Waals surface area contributed by atoms with Crippen molar-refractivity contribution in [1.29, 1.82) is 0 Å². The van der Waals surface area contributed by atoms with Crippen molar-refractivity contribution in [2.45, 2.75) is 10.9 Å². The van der Waals surface area contributed by atoms with Gasteiger partial charge in [-0.2, -0.15) is 0 Å². The van der Waals surface area contributed by atoms with Crippen molar-refractivity contribution < 1.29 is 8.60 Å². The van der Waals surface area contributed by atoms with Gasteiger partial charge in [-0.25, -0.2) is 9.37 Å². The van der Waals surface area contributed by atoms with Crippen LogP contribution in [-0.2, 0) is 23.6 Å². The second-order valence-electron chi connectivity index (χ2n) is 4.56. The lowest BCUT2D eigenvalue weighted by molar-refractivity contribution is 0.627. The fourth-order valence-corrected chi connectivity index (χ4v) is 3.35. The Morgan fingerprint density at radius 2 is 1.85 bits per heavy atom. The van der Waals surface area contributed by atoms with Gasteiger partial charge < -0.3 is 4.57 Å². The normalized spacial score (nSPS) is 12.7. The lowest BCUT2D eigenvalue weighted by atomic mass is 10.2. The van der Waals surface area contributed by atoms with Gasteiger partial charge in [0.2, 0.25) is 0 Å². The Balaban J connectivity index is 1.92. The highest BCUT2D eigenvalue weighted by atomic mass is 32.2. The zero-order chi connectivity index (χ0) is 14.1. The molecule has 102 valence electrons. The Hall–Kier alpha value is -2.01. The zero-order valence-electron chi connectivity index (χ0n) is 10.9. The van der Waals surface area contributed by atoms with Crippen LogP contribution in [0.25, 0.3) is 11.0 Å². The predicted molar refractivity (Wildman–Crippen MR) is 77.2 cm³/mol. The highest BCUT2D eigenvalue weighted by Gasteiger charge is 2.14. The number of benzene rings is 2. The number of hydrogen-bond acceptors (Lipinski definition) is 2. The number of aromatic nitrogens is 2. The van der Waals surface area contributed by atoms with Gasteiger partial charge in [-0.15, -0.1) is 0 Å². The molecular formula is C15H13FN2OS. The van der Waals surface area contributed by atoms with E-state index in [1.165, 1.54) is 12.1 Å². The molecule has 0 saturated heterocycles. The molecule has 1 atom stereocenters. The molecule has 5 heteroatoms. The van der Waals surface area contributed by atoms with E-state index in [9.17, 15) is 8.60 Å². The molecule has 0 bridgehead atoms. The summed E-state index contributed by atoms with van der Waals surface area (Å²) >= 11 is 0. The van der Waals surface area contributed by atoms with Crippen LogP contribution < -0.4 is 0 Å². The van der Waals surface area contributed by atoms with Gasteiger partial charge in [0, 0.05) is 7.05 Å². The van der Waals surface area contributed by atoms with E-state index in [-0.39, 0.29) is 5.82 Å². The molecule has 0 radical (unpaired) electrons. The first kappa shape index (κ1) is 13.0. The topological polar surface area (TPSA) is 34.9 Å². The molecule has 1 aromatic heterocycles. The Kier molecular flexibility index (Phi) is 3.36. The fraction of sp³-hybridized carbons (Fsp3) is 0.133. The standard InChI is InChI=1S/C15H13FN2OS/c1-18-14-5-3-2-4-13(14)17-15(18)20(19)10-11-6-8-12(16)9-7-11/h2-9H,10H2,1H3. The van der Waals surface area contributed by atoms with Crippen LogP contribution in [0.2, 0.25) is 0 Å². The summed E-state index contributed by atoms with van der Waals surface area (Å²) in [5.74, 6) is 0.0412. The Morgan fingerprint density at radius 1 is 1.15 bits per heavy atom.